The maximum Gasteiger partial charge on any atom is 0.307 e. The van der Waals surface area contributed by atoms with E-state index in [9.17, 15) is 4.79 Å². The Morgan fingerprint density at radius 2 is 2.38 bits per heavy atom. The number of hydrogen-bond donors (Lipinski definition) is 1. The normalized spacial score (nSPS) is 13.0. The molecular formula is C9H14ClN3O2S. The summed E-state index contributed by atoms with van der Waals surface area (Å²) in [6, 6.07) is 0. The summed E-state index contributed by atoms with van der Waals surface area (Å²) in [6.45, 7) is 5.45. The first kappa shape index (κ1) is 13.3. The predicted octanol–water partition coefficient (Wildman–Crippen LogP) is 1.73. The minimum atomic E-state index is -0.791. The summed E-state index contributed by atoms with van der Waals surface area (Å²) >= 11 is 7.03. The molecule has 1 aromatic rings. The Morgan fingerprint density at radius 1 is 1.69 bits per heavy atom. The molecule has 1 atom stereocenters. The number of hydrogen-bond acceptors (Lipinski definition) is 5. The average Bonchev–Trinajstić information content (AvgIpc) is 2.63. The maximum absolute atomic E-state index is 10.7. The third-order valence-corrected chi connectivity index (χ3v) is 3.27. The van der Waals surface area contributed by atoms with Crippen LogP contribution in [0.15, 0.2) is 0 Å². The number of carboxylic acid groups (broad SMARTS) is 1. The van der Waals surface area contributed by atoms with Crippen molar-refractivity contribution in [3.8, 4) is 0 Å². The van der Waals surface area contributed by atoms with E-state index < -0.39 is 11.9 Å². The van der Waals surface area contributed by atoms with Crippen molar-refractivity contribution in [2.75, 3.05) is 13.1 Å². The summed E-state index contributed by atoms with van der Waals surface area (Å²) in [5.41, 5.74) is 0.714. The van der Waals surface area contributed by atoms with Gasteiger partial charge in [0.25, 0.3) is 0 Å². The average molecular weight is 264 g/mol. The molecule has 1 aromatic heterocycles. The molecular weight excluding hydrogens is 250 g/mol. The Balaban J connectivity index is 2.56. The number of nitrogens with zero attached hydrogens (tertiary/aromatic N) is 3. The molecule has 0 bridgehead atoms. The third-order valence-electron chi connectivity index (χ3n) is 2.28. The van der Waals surface area contributed by atoms with E-state index in [-0.39, 0.29) is 0 Å². The fourth-order valence-electron chi connectivity index (χ4n) is 1.27. The summed E-state index contributed by atoms with van der Waals surface area (Å²) in [5.74, 6) is -1.19. The van der Waals surface area contributed by atoms with Gasteiger partial charge in [-0.2, -0.15) is 0 Å². The molecule has 1 rings (SSSR count). The van der Waals surface area contributed by atoms with Gasteiger partial charge in [-0.1, -0.05) is 29.9 Å². The lowest BCUT2D eigenvalue weighted by Gasteiger charge is -2.21. The Kier molecular flexibility index (Phi) is 5.11. The number of aromatic nitrogens is 2. The highest BCUT2D eigenvalue weighted by atomic mass is 35.5. The van der Waals surface area contributed by atoms with E-state index >= 15 is 0 Å². The minimum Gasteiger partial charge on any atom is -0.481 e. The van der Waals surface area contributed by atoms with Gasteiger partial charge in [-0.05, 0) is 6.54 Å². The monoisotopic (exact) mass is 263 g/mol. The van der Waals surface area contributed by atoms with Crippen LogP contribution in [0.25, 0.3) is 0 Å². The van der Waals surface area contributed by atoms with Gasteiger partial charge in [0.1, 0.15) is 10.0 Å². The first-order valence-corrected chi connectivity index (χ1v) is 6.11. The van der Waals surface area contributed by atoms with E-state index in [0.717, 1.165) is 18.1 Å². The van der Waals surface area contributed by atoms with Gasteiger partial charge in [0.15, 0.2) is 0 Å². The molecule has 0 aliphatic carbocycles. The molecule has 0 saturated carbocycles. The largest absolute Gasteiger partial charge is 0.481 e. The molecule has 0 spiro atoms. The molecule has 0 saturated heterocycles. The van der Waals surface area contributed by atoms with E-state index in [1.54, 1.807) is 6.92 Å². The third kappa shape index (κ3) is 3.70. The number of aliphatic carboxylic acids is 1. The smallest absolute Gasteiger partial charge is 0.307 e. The van der Waals surface area contributed by atoms with Crippen LogP contribution in [0.1, 0.15) is 19.5 Å². The first-order valence-electron chi connectivity index (χ1n) is 4.96. The van der Waals surface area contributed by atoms with Crippen molar-refractivity contribution in [2.24, 2.45) is 5.92 Å². The van der Waals surface area contributed by atoms with Crippen molar-refractivity contribution in [1.82, 2.24) is 14.5 Å². The summed E-state index contributed by atoms with van der Waals surface area (Å²) < 4.78 is 4.31. The van der Waals surface area contributed by atoms with Crippen LogP contribution in [0.4, 0.5) is 0 Å². The lowest BCUT2D eigenvalue weighted by molar-refractivity contribution is -0.141. The molecule has 5 nitrogen and oxygen atoms in total. The molecule has 0 fully saturated rings. The van der Waals surface area contributed by atoms with Crippen LogP contribution >= 0.6 is 23.1 Å². The Bertz CT molecular complexity index is 358. The van der Waals surface area contributed by atoms with E-state index in [1.807, 2.05) is 11.8 Å². The van der Waals surface area contributed by atoms with Crippen molar-refractivity contribution in [3.63, 3.8) is 0 Å². The van der Waals surface area contributed by atoms with E-state index in [2.05, 4.69) is 9.59 Å². The number of carbonyl (C=O) groups is 1. The van der Waals surface area contributed by atoms with Gasteiger partial charge in [-0.25, -0.2) is 0 Å². The minimum absolute atomic E-state index is 0.398. The van der Waals surface area contributed by atoms with Crippen LogP contribution in [-0.2, 0) is 11.3 Å². The Hall–Kier alpha value is -0.720. The number of rotatable bonds is 6. The molecule has 90 valence electrons. The first-order chi connectivity index (χ1) is 7.54. The molecule has 0 aliphatic rings. The summed E-state index contributed by atoms with van der Waals surface area (Å²) in [7, 11) is 0. The molecule has 1 N–H and O–H groups in total. The summed E-state index contributed by atoms with van der Waals surface area (Å²) in [6.07, 6.45) is 0. The molecule has 0 aliphatic heterocycles. The molecule has 0 radical (unpaired) electrons. The lowest BCUT2D eigenvalue weighted by atomic mass is 10.1. The van der Waals surface area contributed by atoms with E-state index in [0.29, 0.717) is 23.1 Å². The quantitative estimate of drug-likeness (QED) is 0.847. The van der Waals surface area contributed by atoms with Gasteiger partial charge in [0, 0.05) is 24.6 Å². The van der Waals surface area contributed by atoms with Crippen LogP contribution < -0.4 is 0 Å². The van der Waals surface area contributed by atoms with Crippen LogP contribution in [0.3, 0.4) is 0 Å². The highest BCUT2D eigenvalue weighted by Crippen LogP contribution is 2.19. The van der Waals surface area contributed by atoms with Crippen molar-refractivity contribution >= 4 is 29.1 Å². The van der Waals surface area contributed by atoms with Crippen molar-refractivity contribution < 1.29 is 9.90 Å². The second-order valence-corrected chi connectivity index (χ2v) is 4.92. The van der Waals surface area contributed by atoms with Gasteiger partial charge >= 0.3 is 5.97 Å². The van der Waals surface area contributed by atoms with Crippen molar-refractivity contribution in [3.05, 3.63) is 10.0 Å². The zero-order valence-corrected chi connectivity index (χ0v) is 10.8. The zero-order chi connectivity index (χ0) is 12.1. The Morgan fingerprint density at radius 3 is 2.81 bits per heavy atom. The van der Waals surface area contributed by atoms with Crippen LogP contribution in [0, 0.1) is 5.92 Å². The number of halogens is 1. The van der Waals surface area contributed by atoms with Crippen LogP contribution in [0.2, 0.25) is 4.34 Å². The van der Waals surface area contributed by atoms with Gasteiger partial charge in [-0.15, -0.1) is 5.10 Å². The predicted molar refractivity (Wildman–Crippen MR) is 62.7 cm³/mol. The molecule has 1 unspecified atom stereocenters. The van der Waals surface area contributed by atoms with Crippen LogP contribution in [0.5, 0.6) is 0 Å². The number of carboxylic acids is 1. The van der Waals surface area contributed by atoms with Crippen molar-refractivity contribution in [2.45, 2.75) is 20.4 Å². The highest BCUT2D eigenvalue weighted by molar-refractivity contribution is 7.10. The van der Waals surface area contributed by atoms with Crippen LogP contribution in [-0.4, -0.2) is 38.7 Å². The van der Waals surface area contributed by atoms with Gasteiger partial charge in [0.2, 0.25) is 0 Å². The summed E-state index contributed by atoms with van der Waals surface area (Å²) in [4.78, 5) is 12.7. The van der Waals surface area contributed by atoms with Gasteiger partial charge in [0.05, 0.1) is 5.92 Å². The highest BCUT2D eigenvalue weighted by Gasteiger charge is 2.17. The van der Waals surface area contributed by atoms with E-state index in [1.165, 1.54) is 0 Å². The fourth-order valence-corrected chi connectivity index (χ4v) is 1.89. The van der Waals surface area contributed by atoms with Gasteiger partial charge < -0.3 is 5.11 Å². The van der Waals surface area contributed by atoms with Gasteiger partial charge in [-0.3, -0.25) is 9.69 Å². The fraction of sp³-hybridized carbons (Fsp3) is 0.667. The maximum atomic E-state index is 10.7. The second-order valence-electron chi connectivity index (χ2n) is 3.56. The second kappa shape index (κ2) is 6.12. The lowest BCUT2D eigenvalue weighted by Crippen LogP contribution is -2.31. The van der Waals surface area contributed by atoms with E-state index in [4.69, 9.17) is 16.7 Å². The SMILES string of the molecule is CCN(Cc1nnsc1Cl)CC(C)C(=O)O. The van der Waals surface area contributed by atoms with Crippen molar-refractivity contribution in [1.29, 1.82) is 0 Å². The topological polar surface area (TPSA) is 66.3 Å². The molecule has 0 aromatic carbocycles. The standard InChI is InChI=1S/C9H14ClN3O2S/c1-3-13(4-6(2)9(14)15)5-7-8(10)16-12-11-7/h6H,3-5H2,1-2H3,(H,14,15). The summed E-state index contributed by atoms with van der Waals surface area (Å²) in [5, 5.41) is 12.7. The molecule has 1 heterocycles. The molecule has 16 heavy (non-hydrogen) atoms. The zero-order valence-electron chi connectivity index (χ0n) is 9.18. The molecule has 0 amide bonds. The molecule has 7 heteroatoms. The Labute approximate surface area is 103 Å².